The molecule has 1 aliphatic heterocycles. The molecular weight excluding hydrogens is 340 g/mol. The molecule has 0 aliphatic carbocycles. The van der Waals surface area contributed by atoms with Gasteiger partial charge in [0.1, 0.15) is 0 Å². The number of aromatic nitrogens is 2. The van der Waals surface area contributed by atoms with Crippen LogP contribution in [0.25, 0.3) is 0 Å². The number of nitrogens with zero attached hydrogens (tertiary/aromatic N) is 4. The van der Waals surface area contributed by atoms with Gasteiger partial charge in [-0.3, -0.25) is 9.67 Å². The van der Waals surface area contributed by atoms with Crippen molar-refractivity contribution in [3.63, 3.8) is 0 Å². The van der Waals surface area contributed by atoms with Gasteiger partial charge in [-0.25, -0.2) is 0 Å². The fraction of sp³-hybridized carbons (Fsp3) is 0.800. The number of guanidine groups is 1. The van der Waals surface area contributed by atoms with Gasteiger partial charge in [-0.15, -0.1) is 0 Å². The summed E-state index contributed by atoms with van der Waals surface area (Å²) in [5.41, 5.74) is 3.48. The SMILES string of the molecule is CN=C(NCCCN1CCC(C)CC1)NCc1c(C)nn(CCOC)c1C. The number of ether oxygens (including phenoxy) is 1. The Morgan fingerprint density at radius 1 is 1.22 bits per heavy atom. The van der Waals surface area contributed by atoms with Crippen molar-refractivity contribution in [1.29, 1.82) is 0 Å². The van der Waals surface area contributed by atoms with Gasteiger partial charge < -0.3 is 20.3 Å². The lowest BCUT2D eigenvalue weighted by Crippen LogP contribution is -2.39. The van der Waals surface area contributed by atoms with Crippen LogP contribution in [-0.2, 0) is 17.8 Å². The van der Waals surface area contributed by atoms with Crippen molar-refractivity contribution in [3.05, 3.63) is 17.0 Å². The first-order valence-corrected chi connectivity index (χ1v) is 10.2. The molecule has 7 heteroatoms. The molecule has 1 aliphatic rings. The van der Waals surface area contributed by atoms with Gasteiger partial charge in [-0.1, -0.05) is 6.92 Å². The highest BCUT2D eigenvalue weighted by Gasteiger charge is 2.15. The molecule has 2 N–H and O–H groups in total. The van der Waals surface area contributed by atoms with E-state index in [0.29, 0.717) is 6.61 Å². The summed E-state index contributed by atoms with van der Waals surface area (Å²) in [6, 6.07) is 0. The van der Waals surface area contributed by atoms with Crippen molar-refractivity contribution in [3.8, 4) is 0 Å². The fourth-order valence-electron chi connectivity index (χ4n) is 3.57. The summed E-state index contributed by atoms with van der Waals surface area (Å²) in [4.78, 5) is 6.93. The molecule has 2 heterocycles. The third-order valence-corrected chi connectivity index (χ3v) is 5.51. The van der Waals surface area contributed by atoms with Crippen molar-refractivity contribution in [1.82, 2.24) is 25.3 Å². The number of nitrogens with one attached hydrogen (secondary N) is 2. The molecule has 0 saturated carbocycles. The molecule has 0 unspecified atom stereocenters. The lowest BCUT2D eigenvalue weighted by molar-refractivity contribution is 0.182. The van der Waals surface area contributed by atoms with Crippen molar-refractivity contribution in [2.75, 3.05) is 46.9 Å². The molecule has 1 aromatic heterocycles. The molecule has 0 amide bonds. The third-order valence-electron chi connectivity index (χ3n) is 5.51. The minimum absolute atomic E-state index is 0.675. The van der Waals surface area contributed by atoms with E-state index in [9.17, 15) is 0 Å². The molecule has 0 radical (unpaired) electrons. The standard InChI is InChI=1S/C20H38N6O/c1-16-7-11-25(12-8-16)10-6-9-22-20(21-4)23-15-19-17(2)24-26(18(19)3)13-14-27-5/h16H,6-15H2,1-5H3,(H2,21,22,23). The maximum absolute atomic E-state index is 5.16. The number of likely N-dealkylation sites (tertiary alicyclic amines) is 1. The molecule has 0 bridgehead atoms. The predicted octanol–water partition coefficient (Wildman–Crippen LogP) is 1.93. The van der Waals surface area contributed by atoms with E-state index in [2.05, 4.69) is 46.4 Å². The average molecular weight is 379 g/mol. The summed E-state index contributed by atoms with van der Waals surface area (Å²) in [7, 11) is 3.54. The maximum atomic E-state index is 5.16. The van der Waals surface area contributed by atoms with Crippen LogP contribution in [0.4, 0.5) is 0 Å². The van der Waals surface area contributed by atoms with Crippen LogP contribution in [0.2, 0.25) is 0 Å². The summed E-state index contributed by atoms with van der Waals surface area (Å²) in [5.74, 6) is 1.75. The molecule has 0 atom stereocenters. The molecule has 1 saturated heterocycles. The second kappa shape index (κ2) is 11.3. The summed E-state index contributed by atoms with van der Waals surface area (Å²) < 4.78 is 7.18. The highest BCUT2D eigenvalue weighted by Crippen LogP contribution is 2.15. The Hall–Kier alpha value is -1.60. The summed E-state index contributed by atoms with van der Waals surface area (Å²) >= 11 is 0. The number of methoxy groups -OCH3 is 1. The van der Waals surface area contributed by atoms with E-state index in [4.69, 9.17) is 4.74 Å². The monoisotopic (exact) mass is 378 g/mol. The molecule has 0 aromatic carbocycles. The van der Waals surface area contributed by atoms with Gasteiger partial charge in [0.25, 0.3) is 0 Å². The molecule has 1 fully saturated rings. The molecule has 1 aromatic rings. The van der Waals surface area contributed by atoms with Crippen LogP contribution in [0.5, 0.6) is 0 Å². The second-order valence-corrected chi connectivity index (χ2v) is 7.60. The maximum Gasteiger partial charge on any atom is 0.191 e. The highest BCUT2D eigenvalue weighted by molar-refractivity contribution is 5.79. The first kappa shape index (κ1) is 21.7. The van der Waals surface area contributed by atoms with E-state index in [-0.39, 0.29) is 0 Å². The van der Waals surface area contributed by atoms with Crippen LogP contribution in [0.1, 0.15) is 43.1 Å². The average Bonchev–Trinajstić information content (AvgIpc) is 2.94. The molecule has 27 heavy (non-hydrogen) atoms. The zero-order chi connectivity index (χ0) is 19.6. The van der Waals surface area contributed by atoms with Crippen LogP contribution < -0.4 is 10.6 Å². The number of aryl methyl sites for hydroxylation is 1. The van der Waals surface area contributed by atoms with Crippen molar-refractivity contribution in [2.45, 2.75) is 53.1 Å². The normalized spacial score (nSPS) is 16.7. The lowest BCUT2D eigenvalue weighted by Gasteiger charge is -2.30. The van der Waals surface area contributed by atoms with Crippen molar-refractivity contribution in [2.24, 2.45) is 10.9 Å². The molecule has 7 nitrogen and oxygen atoms in total. The summed E-state index contributed by atoms with van der Waals surface area (Å²) in [6.45, 7) is 13.3. The van der Waals surface area contributed by atoms with E-state index in [1.54, 1.807) is 7.11 Å². The Kier molecular flexibility index (Phi) is 9.07. The number of aliphatic imine (C=N–C) groups is 1. The number of hydrogen-bond donors (Lipinski definition) is 2. The van der Waals surface area contributed by atoms with Gasteiger partial charge in [0.15, 0.2) is 5.96 Å². The second-order valence-electron chi connectivity index (χ2n) is 7.60. The largest absolute Gasteiger partial charge is 0.383 e. The molecular formula is C20H38N6O. The Balaban J connectivity index is 1.72. The Bertz CT molecular complexity index is 590. The van der Waals surface area contributed by atoms with E-state index < -0.39 is 0 Å². The minimum Gasteiger partial charge on any atom is -0.383 e. The number of hydrogen-bond acceptors (Lipinski definition) is 4. The Labute approximate surface area is 164 Å². The number of piperidine rings is 1. The van der Waals surface area contributed by atoms with Gasteiger partial charge in [0.2, 0.25) is 0 Å². The van der Waals surface area contributed by atoms with Crippen molar-refractivity contribution >= 4 is 5.96 Å². The van der Waals surface area contributed by atoms with Gasteiger partial charge in [0, 0.05) is 38.5 Å². The Morgan fingerprint density at radius 2 is 1.96 bits per heavy atom. The van der Waals surface area contributed by atoms with Gasteiger partial charge in [-0.2, -0.15) is 5.10 Å². The van der Waals surface area contributed by atoms with E-state index in [0.717, 1.165) is 43.6 Å². The zero-order valence-corrected chi connectivity index (χ0v) is 17.8. The molecule has 154 valence electrons. The van der Waals surface area contributed by atoms with Crippen molar-refractivity contribution < 1.29 is 4.74 Å². The van der Waals surface area contributed by atoms with Crippen LogP contribution >= 0.6 is 0 Å². The van der Waals surface area contributed by atoms with Gasteiger partial charge in [0.05, 0.1) is 18.8 Å². The number of rotatable bonds is 9. The van der Waals surface area contributed by atoms with E-state index in [1.165, 1.54) is 43.7 Å². The molecule has 2 rings (SSSR count). The van der Waals surface area contributed by atoms with Gasteiger partial charge >= 0.3 is 0 Å². The third kappa shape index (κ3) is 6.81. The fourth-order valence-corrected chi connectivity index (χ4v) is 3.57. The first-order chi connectivity index (χ1) is 13.0. The van der Waals surface area contributed by atoms with E-state index in [1.807, 2.05) is 11.7 Å². The van der Waals surface area contributed by atoms with Crippen LogP contribution in [0.3, 0.4) is 0 Å². The smallest absolute Gasteiger partial charge is 0.191 e. The van der Waals surface area contributed by atoms with Crippen LogP contribution in [0.15, 0.2) is 4.99 Å². The minimum atomic E-state index is 0.675. The predicted molar refractivity (Wildman–Crippen MR) is 111 cm³/mol. The lowest BCUT2D eigenvalue weighted by atomic mass is 9.99. The van der Waals surface area contributed by atoms with Crippen LogP contribution in [0, 0.1) is 19.8 Å². The summed E-state index contributed by atoms with van der Waals surface area (Å²) in [6.07, 6.45) is 3.82. The quantitative estimate of drug-likeness (QED) is 0.390. The Morgan fingerprint density at radius 3 is 2.63 bits per heavy atom. The first-order valence-electron chi connectivity index (χ1n) is 10.2. The summed E-state index contributed by atoms with van der Waals surface area (Å²) in [5, 5.41) is 11.5. The molecule has 0 spiro atoms. The zero-order valence-electron chi connectivity index (χ0n) is 17.8. The topological polar surface area (TPSA) is 66.7 Å². The van der Waals surface area contributed by atoms with Crippen LogP contribution in [-0.4, -0.2) is 67.6 Å². The van der Waals surface area contributed by atoms with E-state index >= 15 is 0 Å². The highest BCUT2D eigenvalue weighted by atomic mass is 16.5. The van der Waals surface area contributed by atoms with Gasteiger partial charge in [-0.05, 0) is 58.7 Å².